The van der Waals surface area contributed by atoms with Gasteiger partial charge in [0.25, 0.3) is 0 Å². The van der Waals surface area contributed by atoms with Gasteiger partial charge in [-0.05, 0) is 48.9 Å². The Bertz CT molecular complexity index is 613. The molecule has 0 amide bonds. The fourth-order valence-corrected chi connectivity index (χ4v) is 2.55. The van der Waals surface area contributed by atoms with Crippen molar-refractivity contribution in [1.82, 2.24) is 5.32 Å². The van der Waals surface area contributed by atoms with Gasteiger partial charge in [-0.1, -0.05) is 12.1 Å². The SMILES string of the molecule is Fc1ccc(CCNCC2Cc3cc(F)ccc3O2)cc1. The monoisotopic (exact) mass is 289 g/mol. The predicted octanol–water partition coefficient (Wildman–Crippen LogP) is 3.10. The zero-order valence-corrected chi connectivity index (χ0v) is 11.6. The number of hydrogen-bond acceptors (Lipinski definition) is 2. The number of ether oxygens (including phenoxy) is 1. The van der Waals surface area contributed by atoms with Crippen molar-refractivity contribution in [1.29, 1.82) is 0 Å². The average Bonchev–Trinajstić information content (AvgIpc) is 2.87. The summed E-state index contributed by atoms with van der Waals surface area (Å²) in [5, 5.41) is 3.33. The minimum absolute atomic E-state index is 0.0509. The van der Waals surface area contributed by atoms with E-state index < -0.39 is 0 Å². The van der Waals surface area contributed by atoms with Crippen LogP contribution in [-0.4, -0.2) is 19.2 Å². The summed E-state index contributed by atoms with van der Waals surface area (Å²) in [6.45, 7) is 1.52. The highest BCUT2D eigenvalue weighted by Gasteiger charge is 2.22. The third-order valence-electron chi connectivity index (χ3n) is 3.64. The summed E-state index contributed by atoms with van der Waals surface area (Å²) < 4.78 is 31.6. The number of fused-ring (bicyclic) bond motifs is 1. The summed E-state index contributed by atoms with van der Waals surface area (Å²) in [7, 11) is 0. The molecule has 0 aliphatic carbocycles. The van der Waals surface area contributed by atoms with Crippen LogP contribution in [0, 0.1) is 11.6 Å². The minimum atomic E-state index is -0.220. The van der Waals surface area contributed by atoms with E-state index in [0.717, 1.165) is 42.8 Å². The van der Waals surface area contributed by atoms with Crippen LogP contribution in [0.15, 0.2) is 42.5 Å². The smallest absolute Gasteiger partial charge is 0.123 e. The summed E-state index contributed by atoms with van der Waals surface area (Å²) in [5.41, 5.74) is 2.03. The number of rotatable bonds is 5. The van der Waals surface area contributed by atoms with E-state index in [1.807, 2.05) is 0 Å². The summed E-state index contributed by atoms with van der Waals surface area (Å²) in [4.78, 5) is 0. The van der Waals surface area contributed by atoms with Gasteiger partial charge in [0, 0.05) is 18.5 Å². The van der Waals surface area contributed by atoms with Gasteiger partial charge in [-0.25, -0.2) is 8.78 Å². The molecule has 4 heteroatoms. The lowest BCUT2D eigenvalue weighted by Crippen LogP contribution is -2.31. The average molecular weight is 289 g/mol. The van der Waals surface area contributed by atoms with E-state index in [4.69, 9.17) is 4.74 Å². The van der Waals surface area contributed by atoms with Gasteiger partial charge in [0.15, 0.2) is 0 Å². The van der Waals surface area contributed by atoms with Crippen molar-refractivity contribution in [2.45, 2.75) is 18.9 Å². The highest BCUT2D eigenvalue weighted by atomic mass is 19.1. The fraction of sp³-hybridized carbons (Fsp3) is 0.294. The van der Waals surface area contributed by atoms with Gasteiger partial charge in [-0.2, -0.15) is 0 Å². The molecule has 0 radical (unpaired) electrons. The maximum absolute atomic E-state index is 13.1. The van der Waals surface area contributed by atoms with Crippen LogP contribution in [0.4, 0.5) is 8.78 Å². The molecule has 1 aliphatic rings. The molecule has 1 heterocycles. The van der Waals surface area contributed by atoms with E-state index in [9.17, 15) is 8.78 Å². The molecule has 1 unspecified atom stereocenters. The highest BCUT2D eigenvalue weighted by molar-refractivity contribution is 5.37. The molecule has 0 aromatic heterocycles. The van der Waals surface area contributed by atoms with Crippen molar-refractivity contribution in [3.8, 4) is 5.75 Å². The van der Waals surface area contributed by atoms with Crippen LogP contribution in [0.25, 0.3) is 0 Å². The Hall–Kier alpha value is -1.94. The van der Waals surface area contributed by atoms with E-state index in [2.05, 4.69) is 5.32 Å². The molecule has 1 N–H and O–H groups in total. The van der Waals surface area contributed by atoms with E-state index in [1.54, 1.807) is 18.2 Å². The molecule has 2 aromatic rings. The van der Waals surface area contributed by atoms with Gasteiger partial charge >= 0.3 is 0 Å². The summed E-state index contributed by atoms with van der Waals surface area (Å²) in [6.07, 6.45) is 1.63. The Morgan fingerprint density at radius 3 is 2.62 bits per heavy atom. The lowest BCUT2D eigenvalue weighted by atomic mass is 10.1. The van der Waals surface area contributed by atoms with Crippen molar-refractivity contribution in [2.75, 3.05) is 13.1 Å². The first-order valence-electron chi connectivity index (χ1n) is 7.11. The highest BCUT2D eigenvalue weighted by Crippen LogP contribution is 2.28. The van der Waals surface area contributed by atoms with Crippen LogP contribution in [0.5, 0.6) is 5.75 Å². The standard InChI is InChI=1S/C17H17F2NO/c18-14-3-1-12(2-4-14)7-8-20-11-16-10-13-9-15(19)5-6-17(13)21-16/h1-6,9,16,20H,7-8,10-11H2. The molecular formula is C17H17F2NO. The number of halogens is 2. The third kappa shape index (κ3) is 3.58. The molecule has 2 aromatic carbocycles. The first-order valence-corrected chi connectivity index (χ1v) is 7.11. The lowest BCUT2D eigenvalue weighted by molar-refractivity contribution is 0.228. The van der Waals surface area contributed by atoms with Gasteiger partial charge in [-0.15, -0.1) is 0 Å². The second-order valence-corrected chi connectivity index (χ2v) is 5.28. The first-order chi connectivity index (χ1) is 10.2. The molecular weight excluding hydrogens is 272 g/mol. The molecule has 1 aliphatic heterocycles. The Labute approximate surface area is 122 Å². The topological polar surface area (TPSA) is 21.3 Å². The molecule has 0 saturated carbocycles. The first kappa shape index (κ1) is 14.0. The Morgan fingerprint density at radius 2 is 1.81 bits per heavy atom. The molecule has 0 saturated heterocycles. The largest absolute Gasteiger partial charge is 0.488 e. The Kier molecular flexibility index (Phi) is 4.15. The Balaban J connectivity index is 1.42. The molecule has 0 bridgehead atoms. The van der Waals surface area contributed by atoms with E-state index in [-0.39, 0.29) is 17.7 Å². The van der Waals surface area contributed by atoms with Crippen LogP contribution < -0.4 is 10.1 Å². The van der Waals surface area contributed by atoms with Crippen LogP contribution >= 0.6 is 0 Å². The summed E-state index contributed by atoms with van der Waals surface area (Å²) >= 11 is 0. The van der Waals surface area contributed by atoms with Crippen molar-refractivity contribution >= 4 is 0 Å². The third-order valence-corrected chi connectivity index (χ3v) is 3.64. The van der Waals surface area contributed by atoms with Crippen molar-refractivity contribution in [3.63, 3.8) is 0 Å². The molecule has 21 heavy (non-hydrogen) atoms. The van der Waals surface area contributed by atoms with Crippen LogP contribution in [0.1, 0.15) is 11.1 Å². The second-order valence-electron chi connectivity index (χ2n) is 5.28. The number of hydrogen-bond donors (Lipinski definition) is 1. The maximum Gasteiger partial charge on any atom is 0.123 e. The molecule has 2 nitrogen and oxygen atoms in total. The second kappa shape index (κ2) is 6.22. The van der Waals surface area contributed by atoms with Gasteiger partial charge in [0.1, 0.15) is 23.5 Å². The predicted molar refractivity (Wildman–Crippen MR) is 77.5 cm³/mol. The zero-order valence-electron chi connectivity index (χ0n) is 11.6. The fourth-order valence-electron chi connectivity index (χ4n) is 2.55. The van der Waals surface area contributed by atoms with Crippen LogP contribution in [-0.2, 0) is 12.8 Å². The lowest BCUT2D eigenvalue weighted by Gasteiger charge is -2.11. The van der Waals surface area contributed by atoms with Crippen LogP contribution in [0.3, 0.4) is 0 Å². The van der Waals surface area contributed by atoms with Crippen molar-refractivity contribution < 1.29 is 13.5 Å². The van der Waals surface area contributed by atoms with Gasteiger partial charge in [0.05, 0.1) is 0 Å². The Morgan fingerprint density at radius 1 is 1.05 bits per heavy atom. The van der Waals surface area contributed by atoms with E-state index in [0.29, 0.717) is 0 Å². The summed E-state index contributed by atoms with van der Waals surface area (Å²) in [5.74, 6) is 0.347. The molecule has 0 fully saturated rings. The van der Waals surface area contributed by atoms with Crippen molar-refractivity contribution in [2.24, 2.45) is 0 Å². The maximum atomic E-state index is 13.1. The molecule has 110 valence electrons. The normalized spacial score (nSPS) is 16.6. The van der Waals surface area contributed by atoms with Crippen molar-refractivity contribution in [3.05, 3.63) is 65.2 Å². The van der Waals surface area contributed by atoms with Crippen LogP contribution in [0.2, 0.25) is 0 Å². The zero-order chi connectivity index (χ0) is 14.7. The number of benzene rings is 2. The molecule has 1 atom stereocenters. The molecule has 3 rings (SSSR count). The van der Waals surface area contributed by atoms with Gasteiger partial charge in [0.2, 0.25) is 0 Å². The van der Waals surface area contributed by atoms with Gasteiger partial charge in [-0.3, -0.25) is 0 Å². The quantitative estimate of drug-likeness (QED) is 0.854. The number of nitrogens with one attached hydrogen (secondary N) is 1. The van der Waals surface area contributed by atoms with Gasteiger partial charge < -0.3 is 10.1 Å². The van der Waals surface area contributed by atoms with E-state index >= 15 is 0 Å². The van der Waals surface area contributed by atoms with E-state index in [1.165, 1.54) is 24.3 Å². The summed E-state index contributed by atoms with van der Waals surface area (Å²) in [6, 6.07) is 11.2. The minimum Gasteiger partial charge on any atom is -0.488 e. The molecule has 0 spiro atoms.